The molecule has 0 aromatic heterocycles. The van der Waals surface area contributed by atoms with Crippen LogP contribution >= 0.6 is 15.9 Å². The smallest absolute Gasteiger partial charge is 0.382 e. The molecule has 1 fully saturated rings. The SMILES string of the molecule is CC1CC(Nc2ccc(Br)c(C(F)(F)F)c2)CC(C)(C)C1. The highest BCUT2D eigenvalue weighted by molar-refractivity contribution is 9.10. The lowest BCUT2D eigenvalue weighted by Crippen LogP contribution is -2.35. The predicted molar refractivity (Wildman–Crippen MR) is 83.4 cm³/mol. The Morgan fingerprint density at radius 3 is 2.48 bits per heavy atom. The number of benzene rings is 1. The van der Waals surface area contributed by atoms with Crippen molar-refractivity contribution in [3.63, 3.8) is 0 Å². The van der Waals surface area contributed by atoms with E-state index in [0.29, 0.717) is 11.6 Å². The molecule has 1 aromatic rings. The van der Waals surface area contributed by atoms with Crippen LogP contribution in [0.1, 0.15) is 45.6 Å². The Labute approximate surface area is 132 Å². The number of alkyl halides is 3. The third-order valence-electron chi connectivity index (χ3n) is 4.03. The molecule has 2 atom stereocenters. The largest absolute Gasteiger partial charge is 0.417 e. The van der Waals surface area contributed by atoms with Gasteiger partial charge in [-0.05, 0) is 48.8 Å². The molecule has 0 spiro atoms. The molecule has 0 heterocycles. The van der Waals surface area contributed by atoms with Gasteiger partial charge < -0.3 is 5.32 Å². The van der Waals surface area contributed by atoms with Gasteiger partial charge in [0.1, 0.15) is 0 Å². The number of halogens is 4. The topological polar surface area (TPSA) is 12.0 Å². The van der Waals surface area contributed by atoms with E-state index in [1.165, 1.54) is 18.6 Å². The van der Waals surface area contributed by atoms with Crippen molar-refractivity contribution in [3.05, 3.63) is 28.2 Å². The van der Waals surface area contributed by atoms with Crippen molar-refractivity contribution in [3.8, 4) is 0 Å². The van der Waals surface area contributed by atoms with Crippen LogP contribution in [0.2, 0.25) is 0 Å². The van der Waals surface area contributed by atoms with Crippen molar-refractivity contribution in [2.24, 2.45) is 11.3 Å². The summed E-state index contributed by atoms with van der Waals surface area (Å²) in [6, 6.07) is 4.58. The highest BCUT2D eigenvalue weighted by Gasteiger charge is 2.34. The quantitative estimate of drug-likeness (QED) is 0.669. The summed E-state index contributed by atoms with van der Waals surface area (Å²) in [5.74, 6) is 0.587. The monoisotopic (exact) mass is 363 g/mol. The normalized spacial score (nSPS) is 25.7. The molecule has 1 N–H and O–H groups in total. The lowest BCUT2D eigenvalue weighted by molar-refractivity contribution is -0.138. The lowest BCUT2D eigenvalue weighted by atomic mass is 9.70. The highest BCUT2D eigenvalue weighted by Crippen LogP contribution is 2.41. The summed E-state index contributed by atoms with van der Waals surface area (Å²) in [7, 11) is 0. The van der Waals surface area contributed by atoms with Crippen LogP contribution in [0.5, 0.6) is 0 Å². The number of nitrogens with one attached hydrogen (secondary N) is 1. The summed E-state index contributed by atoms with van der Waals surface area (Å²) in [5, 5.41) is 3.29. The first-order valence-corrected chi connectivity index (χ1v) is 7.99. The Morgan fingerprint density at radius 1 is 1.24 bits per heavy atom. The maximum atomic E-state index is 12.9. The third kappa shape index (κ3) is 4.38. The summed E-state index contributed by atoms with van der Waals surface area (Å²) in [6.45, 7) is 6.65. The van der Waals surface area contributed by atoms with Crippen molar-refractivity contribution >= 4 is 21.6 Å². The van der Waals surface area contributed by atoms with Crippen LogP contribution in [0.25, 0.3) is 0 Å². The van der Waals surface area contributed by atoms with E-state index >= 15 is 0 Å². The molecule has 5 heteroatoms. The van der Waals surface area contributed by atoms with E-state index in [0.717, 1.165) is 12.8 Å². The molecule has 0 saturated heterocycles. The predicted octanol–water partition coefficient (Wildman–Crippen LogP) is 6.09. The number of rotatable bonds is 2. The van der Waals surface area contributed by atoms with E-state index in [9.17, 15) is 13.2 Å². The van der Waals surface area contributed by atoms with Crippen molar-refractivity contribution in [2.45, 2.75) is 52.3 Å². The van der Waals surface area contributed by atoms with Crippen LogP contribution in [0.4, 0.5) is 18.9 Å². The van der Waals surface area contributed by atoms with Crippen molar-refractivity contribution in [1.82, 2.24) is 0 Å². The minimum Gasteiger partial charge on any atom is -0.382 e. The maximum Gasteiger partial charge on any atom is 0.417 e. The van der Waals surface area contributed by atoms with Gasteiger partial charge in [-0.25, -0.2) is 0 Å². The first-order chi connectivity index (χ1) is 9.57. The second kappa shape index (κ2) is 5.82. The third-order valence-corrected chi connectivity index (χ3v) is 4.72. The fourth-order valence-electron chi connectivity index (χ4n) is 3.52. The van der Waals surface area contributed by atoms with Crippen molar-refractivity contribution in [1.29, 1.82) is 0 Å². The molecule has 1 saturated carbocycles. The molecule has 1 nitrogen and oxygen atoms in total. The molecule has 0 amide bonds. The van der Waals surface area contributed by atoms with Crippen LogP contribution in [0.3, 0.4) is 0 Å². The van der Waals surface area contributed by atoms with E-state index < -0.39 is 11.7 Å². The summed E-state index contributed by atoms with van der Waals surface area (Å²) in [5.41, 5.74) is 0.147. The zero-order valence-electron chi connectivity index (χ0n) is 12.5. The summed E-state index contributed by atoms with van der Waals surface area (Å²) >= 11 is 2.97. The standard InChI is InChI=1S/C16H21BrF3N/c1-10-6-12(9-15(2,3)8-10)21-11-4-5-14(17)13(7-11)16(18,19)20/h4-5,7,10,12,21H,6,8-9H2,1-3H3. The average Bonchev–Trinajstić information content (AvgIpc) is 2.27. The lowest BCUT2D eigenvalue weighted by Gasteiger charge is -2.39. The summed E-state index contributed by atoms with van der Waals surface area (Å²) in [6.07, 6.45) is -1.19. The molecule has 1 aliphatic rings. The van der Waals surface area contributed by atoms with E-state index in [-0.39, 0.29) is 15.9 Å². The molecule has 1 aliphatic carbocycles. The van der Waals surface area contributed by atoms with Gasteiger partial charge in [0.25, 0.3) is 0 Å². The van der Waals surface area contributed by atoms with Crippen molar-refractivity contribution < 1.29 is 13.2 Å². The van der Waals surface area contributed by atoms with E-state index in [2.05, 4.69) is 42.0 Å². The Morgan fingerprint density at radius 2 is 1.90 bits per heavy atom. The van der Waals surface area contributed by atoms with Crippen LogP contribution < -0.4 is 5.32 Å². The fraction of sp³-hybridized carbons (Fsp3) is 0.625. The first-order valence-electron chi connectivity index (χ1n) is 7.20. The molecule has 0 radical (unpaired) electrons. The van der Waals surface area contributed by atoms with Gasteiger partial charge in [0.05, 0.1) is 5.56 Å². The zero-order chi connectivity index (χ0) is 15.8. The number of anilines is 1. The van der Waals surface area contributed by atoms with Gasteiger partial charge in [0.15, 0.2) is 0 Å². The molecule has 0 bridgehead atoms. The molecule has 2 rings (SSSR count). The highest BCUT2D eigenvalue weighted by atomic mass is 79.9. The van der Waals surface area contributed by atoms with Crippen LogP contribution in [0, 0.1) is 11.3 Å². The summed E-state index contributed by atoms with van der Waals surface area (Å²) in [4.78, 5) is 0. The Hall–Kier alpha value is -0.710. The van der Waals surface area contributed by atoms with Crippen molar-refractivity contribution in [2.75, 3.05) is 5.32 Å². The van der Waals surface area contributed by atoms with E-state index in [4.69, 9.17) is 0 Å². The van der Waals surface area contributed by atoms with Gasteiger partial charge in [-0.15, -0.1) is 0 Å². The summed E-state index contributed by atoms with van der Waals surface area (Å²) < 4.78 is 38.9. The average molecular weight is 364 g/mol. The zero-order valence-corrected chi connectivity index (χ0v) is 14.1. The van der Waals surface area contributed by atoms with Crippen LogP contribution in [-0.4, -0.2) is 6.04 Å². The fourth-order valence-corrected chi connectivity index (χ4v) is 4.00. The van der Waals surface area contributed by atoms with Gasteiger partial charge >= 0.3 is 6.18 Å². The van der Waals surface area contributed by atoms with Gasteiger partial charge in [-0.1, -0.05) is 36.7 Å². The second-order valence-corrected chi connectivity index (χ2v) is 7.80. The Bertz CT molecular complexity index is 511. The molecule has 0 aliphatic heterocycles. The minimum atomic E-state index is -4.34. The molecule has 1 aromatic carbocycles. The first kappa shape index (κ1) is 16.7. The number of hydrogen-bond acceptors (Lipinski definition) is 1. The van der Waals surface area contributed by atoms with Gasteiger partial charge in [-0.3, -0.25) is 0 Å². The van der Waals surface area contributed by atoms with Crippen LogP contribution in [-0.2, 0) is 6.18 Å². The maximum absolute atomic E-state index is 12.9. The minimum absolute atomic E-state index is 0.0814. The Balaban J connectivity index is 2.17. The van der Waals surface area contributed by atoms with Crippen LogP contribution in [0.15, 0.2) is 22.7 Å². The molecule has 21 heavy (non-hydrogen) atoms. The van der Waals surface area contributed by atoms with Gasteiger partial charge in [-0.2, -0.15) is 13.2 Å². The van der Waals surface area contributed by atoms with Gasteiger partial charge in [0.2, 0.25) is 0 Å². The second-order valence-electron chi connectivity index (χ2n) is 6.95. The molecular formula is C16H21BrF3N. The number of hydrogen-bond donors (Lipinski definition) is 1. The van der Waals surface area contributed by atoms with E-state index in [1.807, 2.05) is 0 Å². The Kier molecular flexibility index (Phi) is 4.62. The van der Waals surface area contributed by atoms with Gasteiger partial charge in [0, 0.05) is 16.2 Å². The molecule has 118 valence electrons. The molecular weight excluding hydrogens is 343 g/mol. The molecule has 2 unspecified atom stereocenters. The van der Waals surface area contributed by atoms with E-state index in [1.54, 1.807) is 6.07 Å².